The summed E-state index contributed by atoms with van der Waals surface area (Å²) in [4.78, 5) is 21.2. The number of nitrogens with one attached hydrogen (secondary N) is 2. The molecule has 2 aromatic rings. The largest absolute Gasteiger partial charge is 0.340 e. The predicted molar refractivity (Wildman–Crippen MR) is 89.8 cm³/mol. The van der Waals surface area contributed by atoms with Gasteiger partial charge in [-0.05, 0) is 32.1 Å². The van der Waals surface area contributed by atoms with Crippen LogP contribution in [0.4, 0.5) is 4.79 Å². The van der Waals surface area contributed by atoms with Crippen LogP contribution in [0.25, 0.3) is 0 Å². The molecule has 134 valence electrons. The maximum atomic E-state index is 12.7. The lowest BCUT2D eigenvalue weighted by Gasteiger charge is -2.29. The van der Waals surface area contributed by atoms with E-state index in [2.05, 4.69) is 30.3 Å². The first-order valence-electron chi connectivity index (χ1n) is 9.03. The van der Waals surface area contributed by atoms with Gasteiger partial charge in [0.05, 0.1) is 18.4 Å². The number of aromatic nitrogens is 4. The van der Waals surface area contributed by atoms with Gasteiger partial charge in [0, 0.05) is 19.3 Å². The molecule has 2 atom stereocenters. The monoisotopic (exact) mass is 344 g/mol. The van der Waals surface area contributed by atoms with Gasteiger partial charge in [-0.1, -0.05) is 18.0 Å². The van der Waals surface area contributed by atoms with Gasteiger partial charge in [0.1, 0.15) is 5.54 Å². The van der Waals surface area contributed by atoms with Crippen molar-refractivity contribution < 1.29 is 9.32 Å². The summed E-state index contributed by atoms with van der Waals surface area (Å²) in [5, 5.41) is 10.4. The van der Waals surface area contributed by atoms with Gasteiger partial charge in [-0.15, -0.1) is 0 Å². The fraction of sp³-hybridized carbons (Fsp3) is 0.647. The van der Waals surface area contributed by atoms with E-state index in [9.17, 15) is 4.79 Å². The topological polar surface area (TPSA) is 97.9 Å². The molecule has 2 aliphatic rings. The number of amides is 2. The zero-order valence-electron chi connectivity index (χ0n) is 14.4. The van der Waals surface area contributed by atoms with E-state index in [1.165, 1.54) is 0 Å². The van der Waals surface area contributed by atoms with Gasteiger partial charge in [0.25, 0.3) is 0 Å². The highest BCUT2D eigenvalue weighted by Gasteiger charge is 2.42. The normalized spacial score (nSPS) is 25.2. The molecule has 0 saturated heterocycles. The third kappa shape index (κ3) is 3.12. The number of hydrogen-bond donors (Lipinski definition) is 2. The Morgan fingerprint density at radius 3 is 2.84 bits per heavy atom. The molecular formula is C17H24N6O2. The molecule has 0 aromatic carbocycles. The zero-order valence-corrected chi connectivity index (χ0v) is 14.4. The molecule has 0 aliphatic heterocycles. The van der Waals surface area contributed by atoms with Crippen LogP contribution in [-0.4, -0.2) is 31.8 Å². The van der Waals surface area contributed by atoms with Crippen molar-refractivity contribution >= 4 is 6.03 Å². The van der Waals surface area contributed by atoms with Crippen molar-refractivity contribution in [1.82, 2.24) is 30.3 Å². The van der Waals surface area contributed by atoms with E-state index in [1.807, 2.05) is 12.5 Å². The molecule has 0 bridgehead atoms. The number of carbonyl (C=O) groups excluding carboxylic acids is 1. The maximum Gasteiger partial charge on any atom is 0.315 e. The molecule has 8 nitrogen and oxygen atoms in total. The molecule has 2 saturated carbocycles. The highest BCUT2D eigenvalue weighted by atomic mass is 16.5. The SMILES string of the molecule is Cc1nc(C2(NC(=O)N[C@@H]3CCC[C@H]3n3ccnc3)CCCC2)no1. The van der Waals surface area contributed by atoms with Crippen LogP contribution in [0.15, 0.2) is 23.2 Å². The minimum absolute atomic E-state index is 0.111. The molecule has 2 heterocycles. The van der Waals surface area contributed by atoms with Gasteiger partial charge in [-0.2, -0.15) is 4.98 Å². The minimum Gasteiger partial charge on any atom is -0.340 e. The summed E-state index contributed by atoms with van der Waals surface area (Å²) >= 11 is 0. The quantitative estimate of drug-likeness (QED) is 0.888. The van der Waals surface area contributed by atoms with E-state index in [4.69, 9.17) is 4.52 Å². The molecule has 2 amide bonds. The highest BCUT2D eigenvalue weighted by Crippen LogP contribution is 2.37. The Balaban J connectivity index is 1.45. The summed E-state index contributed by atoms with van der Waals surface area (Å²) in [6, 6.07) is 0.223. The molecule has 2 N–H and O–H groups in total. The summed E-state index contributed by atoms with van der Waals surface area (Å²) < 4.78 is 7.23. The Morgan fingerprint density at radius 1 is 1.32 bits per heavy atom. The number of imidazole rings is 1. The van der Waals surface area contributed by atoms with E-state index in [-0.39, 0.29) is 18.1 Å². The molecule has 2 aromatic heterocycles. The van der Waals surface area contributed by atoms with Crippen LogP contribution >= 0.6 is 0 Å². The lowest BCUT2D eigenvalue weighted by molar-refractivity contribution is 0.214. The molecule has 2 aliphatic carbocycles. The second-order valence-corrected chi connectivity index (χ2v) is 7.14. The van der Waals surface area contributed by atoms with E-state index < -0.39 is 5.54 Å². The van der Waals surface area contributed by atoms with Gasteiger partial charge >= 0.3 is 6.03 Å². The summed E-state index contributed by atoms with van der Waals surface area (Å²) in [6.45, 7) is 1.77. The molecule has 25 heavy (non-hydrogen) atoms. The van der Waals surface area contributed by atoms with Gasteiger partial charge in [0.15, 0.2) is 5.82 Å². The van der Waals surface area contributed by atoms with E-state index in [1.54, 1.807) is 13.1 Å². The molecule has 0 unspecified atom stereocenters. The Bertz CT molecular complexity index is 719. The maximum absolute atomic E-state index is 12.7. The number of nitrogens with zero attached hydrogens (tertiary/aromatic N) is 4. The molecule has 0 radical (unpaired) electrons. The molecule has 2 fully saturated rings. The van der Waals surface area contributed by atoms with Crippen LogP contribution in [0.2, 0.25) is 0 Å². The number of rotatable bonds is 4. The fourth-order valence-electron chi connectivity index (χ4n) is 4.23. The number of hydrogen-bond acceptors (Lipinski definition) is 5. The third-order valence-electron chi connectivity index (χ3n) is 5.47. The predicted octanol–water partition coefficient (Wildman–Crippen LogP) is 2.44. The Morgan fingerprint density at radius 2 is 2.16 bits per heavy atom. The minimum atomic E-state index is -0.509. The van der Waals surface area contributed by atoms with Crippen LogP contribution < -0.4 is 10.6 Å². The molecule has 4 rings (SSSR count). The average molecular weight is 344 g/mol. The fourth-order valence-corrected chi connectivity index (χ4v) is 4.23. The summed E-state index contributed by atoms with van der Waals surface area (Å²) in [6.07, 6.45) is 12.5. The molecular weight excluding hydrogens is 320 g/mol. The summed E-state index contributed by atoms with van der Waals surface area (Å²) in [5.74, 6) is 1.12. The van der Waals surface area contributed by atoms with E-state index in [0.29, 0.717) is 11.7 Å². The molecule has 0 spiro atoms. The number of aryl methyl sites for hydroxylation is 1. The van der Waals surface area contributed by atoms with Crippen LogP contribution in [-0.2, 0) is 5.54 Å². The van der Waals surface area contributed by atoms with E-state index >= 15 is 0 Å². The number of urea groups is 1. The first-order valence-corrected chi connectivity index (χ1v) is 9.03. The second kappa shape index (κ2) is 6.50. The van der Waals surface area contributed by atoms with Crippen LogP contribution in [0, 0.1) is 6.92 Å². The first kappa shape index (κ1) is 16.1. The lowest BCUT2D eigenvalue weighted by atomic mass is 9.97. The standard InChI is InChI=1S/C17H24N6O2/c1-12-19-15(22-25-12)17(7-2-3-8-17)21-16(24)20-13-5-4-6-14(13)23-10-9-18-11-23/h9-11,13-14H,2-8H2,1H3,(H2,20,21,24)/t13-,14-/m1/s1. The average Bonchev–Trinajstić information content (AvgIpc) is 3.34. The summed E-state index contributed by atoms with van der Waals surface area (Å²) in [5.41, 5.74) is -0.509. The van der Waals surface area contributed by atoms with Crippen molar-refractivity contribution in [3.63, 3.8) is 0 Å². The molecule has 8 heteroatoms. The highest BCUT2D eigenvalue weighted by molar-refractivity contribution is 5.75. The van der Waals surface area contributed by atoms with Crippen molar-refractivity contribution in [2.75, 3.05) is 0 Å². The van der Waals surface area contributed by atoms with Gasteiger partial charge in [0.2, 0.25) is 5.89 Å². The lowest BCUT2D eigenvalue weighted by Crippen LogP contribution is -2.52. The van der Waals surface area contributed by atoms with Gasteiger partial charge < -0.3 is 19.7 Å². The van der Waals surface area contributed by atoms with Crippen LogP contribution in [0.5, 0.6) is 0 Å². The van der Waals surface area contributed by atoms with Crippen molar-refractivity contribution in [3.05, 3.63) is 30.4 Å². The van der Waals surface area contributed by atoms with Crippen LogP contribution in [0.1, 0.15) is 62.7 Å². The van der Waals surface area contributed by atoms with Gasteiger partial charge in [-0.25, -0.2) is 9.78 Å². The van der Waals surface area contributed by atoms with Crippen LogP contribution in [0.3, 0.4) is 0 Å². The van der Waals surface area contributed by atoms with Crippen molar-refractivity contribution in [3.8, 4) is 0 Å². The van der Waals surface area contributed by atoms with Crippen molar-refractivity contribution in [1.29, 1.82) is 0 Å². The van der Waals surface area contributed by atoms with E-state index in [0.717, 1.165) is 44.9 Å². The Kier molecular flexibility index (Phi) is 4.19. The first-order chi connectivity index (χ1) is 12.2. The summed E-state index contributed by atoms with van der Waals surface area (Å²) in [7, 11) is 0. The Hall–Kier alpha value is -2.38. The zero-order chi connectivity index (χ0) is 17.3. The third-order valence-corrected chi connectivity index (χ3v) is 5.47. The Labute approximate surface area is 146 Å². The smallest absolute Gasteiger partial charge is 0.315 e. The second-order valence-electron chi connectivity index (χ2n) is 7.14. The number of carbonyl (C=O) groups is 1. The van der Waals surface area contributed by atoms with Gasteiger partial charge in [-0.3, -0.25) is 0 Å². The van der Waals surface area contributed by atoms with Crippen molar-refractivity contribution in [2.45, 2.75) is 69.5 Å². The van der Waals surface area contributed by atoms with Crippen molar-refractivity contribution in [2.24, 2.45) is 0 Å².